The molecule has 1 saturated heterocycles. The molecule has 0 bridgehead atoms. The number of amides is 2. The van der Waals surface area contributed by atoms with Gasteiger partial charge in [0.15, 0.2) is 11.5 Å². The fourth-order valence-corrected chi connectivity index (χ4v) is 3.06. The number of nitrogens with zero attached hydrogens (tertiary/aromatic N) is 1. The lowest BCUT2D eigenvalue weighted by atomic mass is 10.0. The molecular formula is C22H34N2O5. The predicted octanol–water partition coefficient (Wildman–Crippen LogP) is 4.00. The number of nitrogens with one attached hydrogen (secondary N) is 1. The second-order valence-corrected chi connectivity index (χ2v) is 8.28. The van der Waals surface area contributed by atoms with Crippen molar-refractivity contribution in [1.29, 1.82) is 0 Å². The summed E-state index contributed by atoms with van der Waals surface area (Å²) in [5.74, 6) is 1.04. The van der Waals surface area contributed by atoms with Crippen molar-refractivity contribution in [2.24, 2.45) is 0 Å². The Bertz CT molecular complexity index is 691. The standard InChI is InChI=1S/C22H34N2O5/c1-6-7-14-28-18-9-8-16(15-19(18)27-5)20(25)23-17-10-12-24(13-11-17)21(26)29-22(2,3)4/h8-9,15,17H,6-7,10-14H2,1-5H3,(H,23,25). The third-order valence-electron chi connectivity index (χ3n) is 4.66. The van der Waals surface area contributed by atoms with Crippen molar-refractivity contribution in [3.05, 3.63) is 23.8 Å². The van der Waals surface area contributed by atoms with Crippen LogP contribution in [0, 0.1) is 0 Å². The zero-order valence-corrected chi connectivity index (χ0v) is 18.2. The Balaban J connectivity index is 1.88. The molecule has 7 heteroatoms. The Kier molecular flexibility index (Phi) is 8.17. The van der Waals surface area contributed by atoms with Crippen LogP contribution in [0.3, 0.4) is 0 Å². The summed E-state index contributed by atoms with van der Waals surface area (Å²) in [4.78, 5) is 26.5. The first kappa shape index (κ1) is 22.8. The van der Waals surface area contributed by atoms with E-state index in [1.807, 2.05) is 20.8 Å². The van der Waals surface area contributed by atoms with Gasteiger partial charge in [0, 0.05) is 24.7 Å². The van der Waals surface area contributed by atoms with Crippen LogP contribution < -0.4 is 14.8 Å². The maximum Gasteiger partial charge on any atom is 0.410 e. The van der Waals surface area contributed by atoms with Crippen LogP contribution in [0.4, 0.5) is 4.79 Å². The van der Waals surface area contributed by atoms with Gasteiger partial charge in [-0.2, -0.15) is 0 Å². The molecule has 0 atom stereocenters. The molecule has 1 N–H and O–H groups in total. The maximum atomic E-state index is 12.6. The molecule has 2 rings (SSSR count). The van der Waals surface area contributed by atoms with Crippen molar-refractivity contribution in [1.82, 2.24) is 10.2 Å². The van der Waals surface area contributed by atoms with Gasteiger partial charge in [-0.05, 0) is 58.2 Å². The summed E-state index contributed by atoms with van der Waals surface area (Å²) >= 11 is 0. The van der Waals surface area contributed by atoms with Crippen molar-refractivity contribution in [2.45, 2.75) is 65.0 Å². The smallest absolute Gasteiger partial charge is 0.410 e. The van der Waals surface area contributed by atoms with Crippen LogP contribution >= 0.6 is 0 Å². The highest BCUT2D eigenvalue weighted by Crippen LogP contribution is 2.28. The second kappa shape index (κ2) is 10.4. The largest absolute Gasteiger partial charge is 0.493 e. The third kappa shape index (κ3) is 7.15. The number of carbonyl (C=O) groups is 2. The van der Waals surface area contributed by atoms with Gasteiger partial charge in [-0.15, -0.1) is 0 Å². The van der Waals surface area contributed by atoms with Crippen LogP contribution in [0.25, 0.3) is 0 Å². The van der Waals surface area contributed by atoms with Crippen LogP contribution in [-0.4, -0.2) is 55.3 Å². The molecule has 1 aromatic rings. The topological polar surface area (TPSA) is 77.1 Å². The molecule has 162 valence electrons. The number of carbonyl (C=O) groups excluding carboxylic acids is 2. The van der Waals surface area contributed by atoms with E-state index in [9.17, 15) is 9.59 Å². The Morgan fingerprint density at radius 2 is 1.86 bits per heavy atom. The first-order valence-corrected chi connectivity index (χ1v) is 10.3. The number of ether oxygens (including phenoxy) is 3. The highest BCUT2D eigenvalue weighted by molar-refractivity contribution is 5.95. The normalized spacial score (nSPS) is 15.0. The van der Waals surface area contributed by atoms with Gasteiger partial charge in [0.05, 0.1) is 13.7 Å². The third-order valence-corrected chi connectivity index (χ3v) is 4.66. The molecule has 1 fully saturated rings. The van der Waals surface area contributed by atoms with E-state index in [4.69, 9.17) is 14.2 Å². The molecule has 7 nitrogen and oxygen atoms in total. The minimum atomic E-state index is -0.506. The van der Waals surface area contributed by atoms with Crippen LogP contribution in [-0.2, 0) is 4.74 Å². The van der Waals surface area contributed by atoms with E-state index in [1.54, 1.807) is 30.2 Å². The number of hydrogen-bond donors (Lipinski definition) is 1. The first-order valence-electron chi connectivity index (χ1n) is 10.3. The van der Waals surface area contributed by atoms with Crippen molar-refractivity contribution in [3.63, 3.8) is 0 Å². The highest BCUT2D eigenvalue weighted by Gasteiger charge is 2.27. The number of rotatable bonds is 7. The van der Waals surface area contributed by atoms with Crippen LogP contribution in [0.15, 0.2) is 18.2 Å². The number of unbranched alkanes of at least 4 members (excludes halogenated alkanes) is 1. The Morgan fingerprint density at radius 1 is 1.17 bits per heavy atom. The monoisotopic (exact) mass is 406 g/mol. The molecule has 0 unspecified atom stereocenters. The molecule has 1 heterocycles. The van der Waals surface area contributed by atoms with Crippen LogP contribution in [0.5, 0.6) is 11.5 Å². The molecule has 29 heavy (non-hydrogen) atoms. The van der Waals surface area contributed by atoms with E-state index >= 15 is 0 Å². The summed E-state index contributed by atoms with van der Waals surface area (Å²) in [6, 6.07) is 5.24. The summed E-state index contributed by atoms with van der Waals surface area (Å²) in [6.07, 6.45) is 3.11. The molecule has 1 aliphatic heterocycles. The number of piperidine rings is 1. The van der Waals surface area contributed by atoms with Gasteiger partial charge in [0.25, 0.3) is 5.91 Å². The lowest BCUT2D eigenvalue weighted by Gasteiger charge is -2.33. The minimum absolute atomic E-state index is 0.0210. The van der Waals surface area contributed by atoms with E-state index in [-0.39, 0.29) is 18.0 Å². The van der Waals surface area contributed by atoms with Gasteiger partial charge in [0.2, 0.25) is 0 Å². The average Bonchev–Trinajstić information content (AvgIpc) is 2.67. The molecule has 0 radical (unpaired) electrons. The summed E-state index contributed by atoms with van der Waals surface area (Å²) in [5, 5.41) is 3.05. The van der Waals surface area contributed by atoms with E-state index < -0.39 is 5.60 Å². The van der Waals surface area contributed by atoms with Gasteiger partial charge in [-0.1, -0.05) is 13.3 Å². The fourth-order valence-electron chi connectivity index (χ4n) is 3.06. The summed E-state index contributed by atoms with van der Waals surface area (Å²) in [6.45, 7) is 9.41. The lowest BCUT2D eigenvalue weighted by molar-refractivity contribution is 0.0199. The van der Waals surface area contributed by atoms with E-state index in [2.05, 4.69) is 12.2 Å². The van der Waals surface area contributed by atoms with E-state index in [1.165, 1.54) is 0 Å². The van der Waals surface area contributed by atoms with Crippen LogP contribution in [0.1, 0.15) is 63.7 Å². The van der Waals surface area contributed by atoms with Gasteiger partial charge in [0.1, 0.15) is 5.60 Å². The van der Waals surface area contributed by atoms with Crippen LogP contribution in [0.2, 0.25) is 0 Å². The molecule has 1 aromatic carbocycles. The molecule has 0 spiro atoms. The first-order chi connectivity index (χ1) is 13.7. The fraction of sp³-hybridized carbons (Fsp3) is 0.636. The second-order valence-electron chi connectivity index (χ2n) is 8.28. The summed E-state index contributed by atoms with van der Waals surface area (Å²) < 4.78 is 16.5. The molecule has 0 saturated carbocycles. The van der Waals surface area contributed by atoms with Gasteiger partial charge in [-0.3, -0.25) is 4.79 Å². The lowest BCUT2D eigenvalue weighted by Crippen LogP contribution is -2.47. The molecular weight excluding hydrogens is 372 g/mol. The molecule has 0 aromatic heterocycles. The summed E-state index contributed by atoms with van der Waals surface area (Å²) in [5.41, 5.74) is 0.0208. The maximum absolute atomic E-state index is 12.6. The minimum Gasteiger partial charge on any atom is -0.493 e. The van der Waals surface area contributed by atoms with Crippen molar-refractivity contribution in [2.75, 3.05) is 26.8 Å². The van der Waals surface area contributed by atoms with Gasteiger partial charge in [-0.25, -0.2) is 4.79 Å². The molecule has 1 aliphatic rings. The Hall–Kier alpha value is -2.44. The Labute approximate surface area is 173 Å². The van der Waals surface area contributed by atoms with E-state index in [0.29, 0.717) is 49.6 Å². The van der Waals surface area contributed by atoms with Crippen molar-refractivity contribution >= 4 is 12.0 Å². The molecule has 0 aliphatic carbocycles. The number of benzene rings is 1. The summed E-state index contributed by atoms with van der Waals surface area (Å²) in [7, 11) is 1.57. The highest BCUT2D eigenvalue weighted by atomic mass is 16.6. The number of likely N-dealkylation sites (tertiary alicyclic amines) is 1. The predicted molar refractivity (Wildman–Crippen MR) is 112 cm³/mol. The SMILES string of the molecule is CCCCOc1ccc(C(=O)NC2CCN(C(=O)OC(C)(C)C)CC2)cc1OC. The molecule has 2 amide bonds. The van der Waals surface area contributed by atoms with Gasteiger partial charge < -0.3 is 24.4 Å². The van der Waals surface area contributed by atoms with Gasteiger partial charge >= 0.3 is 6.09 Å². The van der Waals surface area contributed by atoms with E-state index in [0.717, 1.165) is 12.8 Å². The number of methoxy groups -OCH3 is 1. The van der Waals surface area contributed by atoms with Crippen molar-refractivity contribution in [3.8, 4) is 11.5 Å². The quantitative estimate of drug-likeness (QED) is 0.693. The number of hydrogen-bond acceptors (Lipinski definition) is 5. The Morgan fingerprint density at radius 3 is 2.45 bits per heavy atom. The zero-order chi connectivity index (χ0) is 21.4. The van der Waals surface area contributed by atoms with Crippen molar-refractivity contribution < 1.29 is 23.8 Å². The average molecular weight is 407 g/mol. The zero-order valence-electron chi connectivity index (χ0n) is 18.2.